The van der Waals surface area contributed by atoms with Crippen LogP contribution in [-0.2, 0) is 19.6 Å². The standard InChI is InChI=1S/C25H28N2O8S/c1-14(29)26-22-24(31)23(30)20(13-28)35-25(22)34-19-11-10-15-6-3-4-9-18(15)21(19)16-7-5-8-17(12-16)27-36(2,32)33/h3-12,20,22-25,27-28,30-31H,13H2,1-2H3,(H,26,29). The number of fused-ring (bicyclic) bond motifs is 1. The second-order valence-electron chi connectivity index (χ2n) is 8.67. The average molecular weight is 517 g/mol. The van der Waals surface area contributed by atoms with E-state index >= 15 is 0 Å². The first kappa shape index (κ1) is 25.9. The largest absolute Gasteiger partial charge is 0.462 e. The zero-order valence-electron chi connectivity index (χ0n) is 19.7. The Morgan fingerprint density at radius 3 is 2.50 bits per heavy atom. The van der Waals surface area contributed by atoms with E-state index in [4.69, 9.17) is 9.47 Å². The maximum atomic E-state index is 11.8. The molecule has 1 aliphatic rings. The normalized spacial score (nSPS) is 24.3. The Morgan fingerprint density at radius 1 is 1.06 bits per heavy atom. The number of hydrogen-bond acceptors (Lipinski definition) is 8. The van der Waals surface area contributed by atoms with Gasteiger partial charge < -0.3 is 30.1 Å². The number of rotatable bonds is 7. The highest BCUT2D eigenvalue weighted by Crippen LogP contribution is 2.39. The summed E-state index contributed by atoms with van der Waals surface area (Å²) in [6.07, 6.45) is -4.23. The van der Waals surface area contributed by atoms with Crippen molar-refractivity contribution in [1.82, 2.24) is 5.32 Å². The second kappa shape index (κ2) is 10.4. The molecule has 10 nitrogen and oxygen atoms in total. The van der Waals surface area contributed by atoms with E-state index in [9.17, 15) is 28.5 Å². The summed E-state index contributed by atoms with van der Waals surface area (Å²) in [7, 11) is -3.51. The zero-order chi connectivity index (χ0) is 26.0. The van der Waals surface area contributed by atoms with Crippen molar-refractivity contribution < 1.29 is 38.0 Å². The van der Waals surface area contributed by atoms with Gasteiger partial charge in [0.2, 0.25) is 22.2 Å². The molecule has 192 valence electrons. The number of ether oxygens (including phenoxy) is 2. The Hall–Kier alpha value is -3.22. The minimum absolute atomic E-state index is 0.325. The van der Waals surface area contributed by atoms with Gasteiger partial charge in [0.25, 0.3) is 0 Å². The molecule has 1 saturated heterocycles. The summed E-state index contributed by atoms with van der Waals surface area (Å²) >= 11 is 0. The van der Waals surface area contributed by atoms with Crippen LogP contribution in [-0.4, -0.2) is 73.2 Å². The van der Waals surface area contributed by atoms with Crippen molar-refractivity contribution >= 4 is 32.4 Å². The Morgan fingerprint density at radius 2 is 1.81 bits per heavy atom. The van der Waals surface area contributed by atoms with E-state index in [0.717, 1.165) is 17.0 Å². The topological polar surface area (TPSA) is 154 Å². The Bertz CT molecular complexity index is 1360. The van der Waals surface area contributed by atoms with Gasteiger partial charge in [-0.15, -0.1) is 0 Å². The van der Waals surface area contributed by atoms with Crippen LogP contribution in [0.4, 0.5) is 5.69 Å². The van der Waals surface area contributed by atoms with Gasteiger partial charge in [-0.1, -0.05) is 42.5 Å². The SMILES string of the molecule is CC(=O)NC1C(Oc2ccc3ccccc3c2-c2cccc(NS(C)(=O)=O)c2)OC(CO)C(O)C1O. The van der Waals surface area contributed by atoms with Crippen molar-refractivity contribution in [2.75, 3.05) is 17.6 Å². The Balaban J connectivity index is 1.81. The van der Waals surface area contributed by atoms with E-state index in [1.807, 2.05) is 30.3 Å². The minimum Gasteiger partial charge on any atom is -0.462 e. The Kier molecular flexibility index (Phi) is 7.48. The summed E-state index contributed by atoms with van der Waals surface area (Å²) in [6, 6.07) is 16.7. The number of hydrogen-bond donors (Lipinski definition) is 5. The second-order valence-corrected chi connectivity index (χ2v) is 10.4. The van der Waals surface area contributed by atoms with E-state index in [-0.39, 0.29) is 0 Å². The first-order valence-corrected chi connectivity index (χ1v) is 13.1. The average Bonchev–Trinajstić information content (AvgIpc) is 2.82. The fraction of sp³-hybridized carbons (Fsp3) is 0.320. The molecule has 5 unspecified atom stereocenters. The summed E-state index contributed by atoms with van der Waals surface area (Å²) in [5.74, 6) is -0.143. The molecule has 5 atom stereocenters. The number of nitrogens with one attached hydrogen (secondary N) is 2. The van der Waals surface area contributed by atoms with Gasteiger partial charge >= 0.3 is 0 Å². The van der Waals surface area contributed by atoms with E-state index in [2.05, 4.69) is 10.0 Å². The number of benzene rings is 3. The van der Waals surface area contributed by atoms with Crippen LogP contribution in [0.25, 0.3) is 21.9 Å². The zero-order valence-corrected chi connectivity index (χ0v) is 20.5. The molecule has 0 aromatic heterocycles. The van der Waals surface area contributed by atoms with Crippen LogP contribution in [0.1, 0.15) is 6.92 Å². The third-order valence-electron chi connectivity index (χ3n) is 5.84. The molecular formula is C25H28N2O8S. The smallest absolute Gasteiger partial charge is 0.229 e. The van der Waals surface area contributed by atoms with Gasteiger partial charge in [-0.3, -0.25) is 9.52 Å². The van der Waals surface area contributed by atoms with Gasteiger partial charge in [-0.25, -0.2) is 8.42 Å². The van der Waals surface area contributed by atoms with Gasteiger partial charge in [0.15, 0.2) is 0 Å². The number of anilines is 1. The molecule has 0 bridgehead atoms. The van der Waals surface area contributed by atoms with Gasteiger partial charge in [0.1, 0.15) is 30.1 Å². The number of aliphatic hydroxyl groups is 3. The van der Waals surface area contributed by atoms with Crippen LogP contribution >= 0.6 is 0 Å². The van der Waals surface area contributed by atoms with E-state index in [0.29, 0.717) is 22.6 Å². The lowest BCUT2D eigenvalue weighted by Crippen LogP contribution is -2.65. The molecule has 1 fully saturated rings. The first-order valence-electron chi connectivity index (χ1n) is 11.2. The number of sulfonamides is 1. The molecule has 5 N–H and O–H groups in total. The third-order valence-corrected chi connectivity index (χ3v) is 6.45. The predicted molar refractivity (Wildman–Crippen MR) is 134 cm³/mol. The quantitative estimate of drug-likeness (QED) is 0.314. The third kappa shape index (κ3) is 5.61. The summed E-state index contributed by atoms with van der Waals surface area (Å²) in [4.78, 5) is 11.8. The van der Waals surface area contributed by atoms with Crippen LogP contribution in [0.2, 0.25) is 0 Å². The highest BCUT2D eigenvalue weighted by atomic mass is 32.2. The molecule has 1 amide bonds. The van der Waals surface area contributed by atoms with Crippen molar-refractivity contribution in [3.8, 4) is 16.9 Å². The first-order chi connectivity index (χ1) is 17.1. The molecule has 1 heterocycles. The fourth-order valence-corrected chi connectivity index (χ4v) is 4.85. The van der Waals surface area contributed by atoms with Crippen molar-refractivity contribution in [2.24, 2.45) is 0 Å². The lowest BCUT2D eigenvalue weighted by Gasteiger charge is -2.42. The number of carbonyl (C=O) groups is 1. The van der Waals surface area contributed by atoms with Crippen molar-refractivity contribution in [3.63, 3.8) is 0 Å². The monoisotopic (exact) mass is 516 g/mol. The molecule has 0 saturated carbocycles. The van der Waals surface area contributed by atoms with Gasteiger partial charge in [-0.2, -0.15) is 0 Å². The lowest BCUT2D eigenvalue weighted by molar-refractivity contribution is -0.244. The van der Waals surface area contributed by atoms with Crippen LogP contribution in [0.5, 0.6) is 5.75 Å². The molecule has 4 rings (SSSR count). The highest BCUT2D eigenvalue weighted by Gasteiger charge is 2.46. The summed E-state index contributed by atoms with van der Waals surface area (Å²) < 4.78 is 38.0. The Labute approximate surface area is 208 Å². The molecule has 1 aliphatic heterocycles. The van der Waals surface area contributed by atoms with Crippen LogP contribution in [0, 0.1) is 0 Å². The summed E-state index contributed by atoms with van der Waals surface area (Å²) in [6.45, 7) is 0.685. The van der Waals surface area contributed by atoms with Crippen molar-refractivity contribution in [1.29, 1.82) is 0 Å². The van der Waals surface area contributed by atoms with Crippen LogP contribution in [0.15, 0.2) is 60.7 Å². The van der Waals surface area contributed by atoms with Crippen molar-refractivity contribution in [2.45, 2.75) is 37.6 Å². The minimum atomic E-state index is -3.51. The summed E-state index contributed by atoms with van der Waals surface area (Å²) in [5.41, 5.74) is 1.62. The van der Waals surface area contributed by atoms with Gasteiger partial charge in [0.05, 0.1) is 12.9 Å². The molecule has 3 aromatic carbocycles. The van der Waals surface area contributed by atoms with Crippen molar-refractivity contribution in [3.05, 3.63) is 60.7 Å². The lowest BCUT2D eigenvalue weighted by atomic mass is 9.95. The molecule has 11 heteroatoms. The molecule has 0 radical (unpaired) electrons. The van der Waals surface area contributed by atoms with Crippen LogP contribution in [0.3, 0.4) is 0 Å². The maximum absolute atomic E-state index is 11.8. The molecule has 36 heavy (non-hydrogen) atoms. The fourth-order valence-electron chi connectivity index (χ4n) is 4.30. The highest BCUT2D eigenvalue weighted by molar-refractivity contribution is 7.92. The van der Waals surface area contributed by atoms with E-state index < -0.39 is 53.2 Å². The van der Waals surface area contributed by atoms with Gasteiger partial charge in [0, 0.05) is 18.2 Å². The van der Waals surface area contributed by atoms with Gasteiger partial charge in [-0.05, 0) is 34.5 Å². The molecule has 0 aliphatic carbocycles. The maximum Gasteiger partial charge on any atom is 0.229 e. The molecule has 0 spiro atoms. The number of carbonyl (C=O) groups excluding carboxylic acids is 1. The molecular weight excluding hydrogens is 488 g/mol. The number of amides is 1. The van der Waals surface area contributed by atoms with Crippen LogP contribution < -0.4 is 14.8 Å². The molecule has 3 aromatic rings. The van der Waals surface area contributed by atoms with E-state index in [1.165, 1.54) is 6.92 Å². The predicted octanol–water partition coefficient (Wildman–Crippen LogP) is 1.20. The van der Waals surface area contributed by atoms with E-state index in [1.54, 1.807) is 30.3 Å². The number of aliphatic hydroxyl groups excluding tert-OH is 3. The summed E-state index contributed by atoms with van der Waals surface area (Å²) in [5, 5.41) is 34.8.